The molecule has 0 aliphatic heterocycles. The molecular weight excluding hydrogens is 629 g/mol. The molecule has 4 rings (SSSR count). The normalized spacial score (nSPS) is 14.3. The Morgan fingerprint density at radius 3 is 2.28 bits per heavy atom. The van der Waals surface area contributed by atoms with Crippen molar-refractivity contribution in [1.29, 1.82) is 0 Å². The minimum atomic E-state index is -3.73. The van der Waals surface area contributed by atoms with Gasteiger partial charge in [-0.15, -0.1) is 0 Å². The van der Waals surface area contributed by atoms with E-state index in [0.29, 0.717) is 22.0 Å². The Bertz CT molecular complexity index is 1520. The highest BCUT2D eigenvalue weighted by Crippen LogP contribution is 2.31. The summed E-state index contributed by atoms with van der Waals surface area (Å²) in [5, 5.41) is 4.25. The molecule has 1 atom stereocenters. The molecule has 0 aromatic heterocycles. The van der Waals surface area contributed by atoms with E-state index in [0.717, 1.165) is 41.8 Å². The number of nitrogens with zero attached hydrogens (tertiary/aromatic N) is 2. The van der Waals surface area contributed by atoms with E-state index in [1.54, 1.807) is 17.0 Å². The highest BCUT2D eigenvalue weighted by molar-refractivity contribution is 7.92. The van der Waals surface area contributed by atoms with Gasteiger partial charge in [0.25, 0.3) is 0 Å². The summed E-state index contributed by atoms with van der Waals surface area (Å²) in [5.41, 5.74) is 1.88. The van der Waals surface area contributed by atoms with Gasteiger partial charge in [0.2, 0.25) is 21.8 Å². The summed E-state index contributed by atoms with van der Waals surface area (Å²) in [7, 11) is -3.73. The molecule has 0 heterocycles. The van der Waals surface area contributed by atoms with Crippen LogP contribution in [0.4, 0.5) is 5.69 Å². The fourth-order valence-electron chi connectivity index (χ4n) is 5.39. The molecule has 3 aromatic carbocycles. The summed E-state index contributed by atoms with van der Waals surface area (Å²) in [4.78, 5) is 29.4. The van der Waals surface area contributed by atoms with Gasteiger partial charge in [-0.1, -0.05) is 96.2 Å². The maximum absolute atomic E-state index is 14.0. The number of anilines is 1. The monoisotopic (exact) mass is 663 g/mol. The fraction of sp³-hybridized carbons (Fsp3) is 0.375. The third kappa shape index (κ3) is 9.35. The summed E-state index contributed by atoms with van der Waals surface area (Å²) >= 11 is 19.0. The molecule has 3 aromatic rings. The molecule has 1 N–H and O–H groups in total. The molecule has 1 aliphatic rings. The maximum Gasteiger partial charge on any atom is 0.243 e. The predicted octanol–water partition coefficient (Wildman–Crippen LogP) is 6.89. The summed E-state index contributed by atoms with van der Waals surface area (Å²) < 4.78 is 26.6. The highest BCUT2D eigenvalue weighted by Gasteiger charge is 2.32. The lowest BCUT2D eigenvalue weighted by molar-refractivity contribution is -0.141. The van der Waals surface area contributed by atoms with E-state index in [4.69, 9.17) is 34.8 Å². The number of hydrogen-bond donors (Lipinski definition) is 1. The Kier molecular flexibility index (Phi) is 11.8. The number of carbonyl (C=O) groups is 2. The van der Waals surface area contributed by atoms with E-state index >= 15 is 0 Å². The second-order valence-electron chi connectivity index (χ2n) is 10.8. The van der Waals surface area contributed by atoms with Crippen molar-refractivity contribution >= 4 is 62.3 Å². The lowest BCUT2D eigenvalue weighted by atomic mass is 10.0. The number of rotatable bonds is 13. The number of amides is 2. The van der Waals surface area contributed by atoms with Crippen LogP contribution in [0.25, 0.3) is 0 Å². The molecule has 0 bridgehead atoms. The average Bonchev–Trinajstić information content (AvgIpc) is 3.48. The quantitative estimate of drug-likeness (QED) is 0.216. The van der Waals surface area contributed by atoms with E-state index in [1.165, 1.54) is 12.1 Å². The number of benzene rings is 3. The zero-order chi connectivity index (χ0) is 31.0. The van der Waals surface area contributed by atoms with Gasteiger partial charge in [-0.3, -0.25) is 13.9 Å². The van der Waals surface area contributed by atoms with Crippen molar-refractivity contribution in [3.63, 3.8) is 0 Å². The van der Waals surface area contributed by atoms with Gasteiger partial charge in [-0.25, -0.2) is 8.42 Å². The first-order valence-corrected chi connectivity index (χ1v) is 17.3. The molecule has 1 aliphatic carbocycles. The van der Waals surface area contributed by atoms with Gasteiger partial charge in [0.1, 0.15) is 6.04 Å². The Labute approximate surface area is 269 Å². The van der Waals surface area contributed by atoms with E-state index in [1.807, 2.05) is 48.5 Å². The summed E-state index contributed by atoms with van der Waals surface area (Å²) in [6.07, 6.45) is 5.54. The molecular formula is C32H36Cl3N3O4S. The van der Waals surface area contributed by atoms with Crippen LogP contribution in [0, 0.1) is 0 Å². The Balaban J connectivity index is 1.61. The van der Waals surface area contributed by atoms with Crippen molar-refractivity contribution in [2.45, 2.75) is 63.6 Å². The smallest absolute Gasteiger partial charge is 0.243 e. The van der Waals surface area contributed by atoms with Gasteiger partial charge in [0.05, 0.1) is 17.0 Å². The highest BCUT2D eigenvalue weighted by atomic mass is 35.5. The van der Waals surface area contributed by atoms with E-state index in [9.17, 15) is 18.0 Å². The molecule has 0 radical (unpaired) electrons. The number of nitrogens with one attached hydrogen (secondary N) is 1. The fourth-order valence-corrected chi connectivity index (χ4v) is 6.99. The first-order valence-electron chi connectivity index (χ1n) is 14.3. The topological polar surface area (TPSA) is 86.8 Å². The van der Waals surface area contributed by atoms with Gasteiger partial charge < -0.3 is 10.2 Å². The average molecular weight is 665 g/mol. The molecule has 43 heavy (non-hydrogen) atoms. The zero-order valence-corrected chi connectivity index (χ0v) is 27.1. The molecule has 11 heteroatoms. The van der Waals surface area contributed by atoms with Gasteiger partial charge >= 0.3 is 0 Å². The van der Waals surface area contributed by atoms with Crippen LogP contribution in [-0.2, 0) is 32.6 Å². The van der Waals surface area contributed by atoms with E-state index in [2.05, 4.69) is 5.32 Å². The van der Waals surface area contributed by atoms with Crippen LogP contribution in [-0.4, -0.2) is 50.0 Å². The number of halogens is 3. The van der Waals surface area contributed by atoms with Crippen molar-refractivity contribution in [3.8, 4) is 0 Å². The predicted molar refractivity (Wildman–Crippen MR) is 174 cm³/mol. The zero-order valence-electron chi connectivity index (χ0n) is 24.0. The first kappa shape index (κ1) is 33.1. The lowest BCUT2D eigenvalue weighted by Crippen LogP contribution is -2.52. The molecule has 0 spiro atoms. The molecule has 230 valence electrons. The number of hydrogen-bond acceptors (Lipinski definition) is 4. The second-order valence-corrected chi connectivity index (χ2v) is 14.0. The Morgan fingerprint density at radius 1 is 0.930 bits per heavy atom. The van der Waals surface area contributed by atoms with Crippen molar-refractivity contribution in [2.75, 3.05) is 17.1 Å². The van der Waals surface area contributed by atoms with E-state index < -0.39 is 16.1 Å². The van der Waals surface area contributed by atoms with E-state index in [-0.39, 0.29) is 54.5 Å². The maximum atomic E-state index is 14.0. The van der Waals surface area contributed by atoms with Crippen molar-refractivity contribution in [3.05, 3.63) is 99.0 Å². The summed E-state index contributed by atoms with van der Waals surface area (Å²) in [6, 6.07) is 20.7. The second kappa shape index (κ2) is 15.3. The third-order valence-electron chi connectivity index (χ3n) is 7.60. The van der Waals surface area contributed by atoms with Crippen molar-refractivity contribution < 1.29 is 18.0 Å². The van der Waals surface area contributed by atoms with Crippen LogP contribution >= 0.6 is 34.8 Å². The molecule has 2 amide bonds. The SMILES string of the molecule is CS(=O)(=O)N(CCCC(=O)N(Cc1ccccc1Cl)[C@H](Cc1ccccc1)C(=O)NC1CCCC1)c1cc(Cl)ccc1Cl. The van der Waals surface area contributed by atoms with Crippen LogP contribution in [0.15, 0.2) is 72.8 Å². The molecule has 7 nitrogen and oxygen atoms in total. The molecule has 0 unspecified atom stereocenters. The van der Waals surface area contributed by atoms with Crippen LogP contribution in [0.2, 0.25) is 15.1 Å². The van der Waals surface area contributed by atoms with Gasteiger partial charge in [0, 0.05) is 42.0 Å². The number of sulfonamides is 1. The van der Waals surface area contributed by atoms with Gasteiger partial charge in [-0.05, 0) is 54.7 Å². The minimum Gasteiger partial charge on any atom is -0.352 e. The van der Waals surface area contributed by atoms with Crippen molar-refractivity contribution in [1.82, 2.24) is 10.2 Å². The Hall–Kier alpha value is -2.78. The largest absolute Gasteiger partial charge is 0.352 e. The standard InChI is InChI=1S/C32H36Cl3N3O4S/c1-43(41,42)38(29-21-25(33)17-18-28(29)35)19-9-16-31(39)37(22-24-12-5-8-15-27(24)34)30(20-23-10-3-2-4-11-23)32(40)36-26-13-6-7-14-26/h2-5,8,10-12,15,17-18,21,26,30H,6-7,9,13-14,16,19-20,22H2,1H3,(H,36,40)/t30-/m1/s1. The minimum absolute atomic E-state index is 0.00217. The lowest BCUT2D eigenvalue weighted by Gasteiger charge is -2.33. The van der Waals surface area contributed by atoms with Crippen LogP contribution < -0.4 is 9.62 Å². The van der Waals surface area contributed by atoms with Gasteiger partial charge in [-0.2, -0.15) is 0 Å². The summed E-state index contributed by atoms with van der Waals surface area (Å²) in [5.74, 6) is -0.493. The molecule has 0 saturated heterocycles. The summed E-state index contributed by atoms with van der Waals surface area (Å²) in [6.45, 7) is 0.131. The van der Waals surface area contributed by atoms with Gasteiger partial charge in [0.15, 0.2) is 0 Å². The van der Waals surface area contributed by atoms with Crippen LogP contribution in [0.1, 0.15) is 49.7 Å². The van der Waals surface area contributed by atoms with Crippen LogP contribution in [0.3, 0.4) is 0 Å². The molecule has 1 saturated carbocycles. The Morgan fingerprint density at radius 2 is 1.60 bits per heavy atom. The molecule has 1 fully saturated rings. The van der Waals surface area contributed by atoms with Crippen LogP contribution in [0.5, 0.6) is 0 Å². The third-order valence-corrected chi connectivity index (χ3v) is 9.70. The van der Waals surface area contributed by atoms with Crippen molar-refractivity contribution in [2.24, 2.45) is 0 Å². The number of carbonyl (C=O) groups excluding carboxylic acids is 2. The first-order chi connectivity index (χ1) is 20.5.